The average Bonchev–Trinajstić information content (AvgIpc) is 3.57. The molecule has 388 valence electrons. The molecule has 7 N–H and O–H groups in total. The first-order valence-electron chi connectivity index (χ1n) is 24.2. The Hall–Kier alpha value is -3.32. The first-order chi connectivity index (χ1) is 32.5. The van der Waals surface area contributed by atoms with Gasteiger partial charge in [-0.05, 0) is 56.9 Å². The molecule has 9 atom stereocenters. The van der Waals surface area contributed by atoms with Crippen LogP contribution >= 0.6 is 15.6 Å². The minimum atomic E-state index is -5.44. The molecule has 1 aromatic heterocycles. The first-order valence-corrected chi connectivity index (χ1v) is 27.1. The van der Waals surface area contributed by atoms with Crippen LogP contribution in [0.1, 0.15) is 155 Å². The second kappa shape index (κ2) is 34.9. The van der Waals surface area contributed by atoms with E-state index in [4.69, 9.17) is 29.0 Å². The second-order valence-electron chi connectivity index (χ2n) is 17.1. The number of anilines is 1. The number of nitrogens with two attached hydrogens (primary N) is 1. The topological polar surface area (TPSA) is 286 Å². The van der Waals surface area contributed by atoms with Gasteiger partial charge in [-0.2, -0.15) is 9.29 Å². The summed E-state index contributed by atoms with van der Waals surface area (Å²) < 4.78 is 56.6. The Morgan fingerprint density at radius 2 is 1.50 bits per heavy atom. The van der Waals surface area contributed by atoms with Crippen molar-refractivity contribution < 1.29 is 71.4 Å². The summed E-state index contributed by atoms with van der Waals surface area (Å²) in [5, 5.41) is 30.9. The number of carbonyl (C=O) groups excluding carboxylic acids is 2. The van der Waals surface area contributed by atoms with Crippen LogP contribution in [0.4, 0.5) is 5.82 Å². The molecule has 1 fully saturated rings. The maximum absolute atomic E-state index is 12.8. The van der Waals surface area contributed by atoms with Crippen LogP contribution in [0.25, 0.3) is 0 Å². The van der Waals surface area contributed by atoms with Crippen molar-refractivity contribution in [3.05, 3.63) is 71.4 Å². The van der Waals surface area contributed by atoms with E-state index >= 15 is 0 Å². The summed E-state index contributed by atoms with van der Waals surface area (Å²) in [7, 11) is -10.9. The van der Waals surface area contributed by atoms with Gasteiger partial charge in [-0.15, -0.1) is 0 Å². The van der Waals surface area contributed by atoms with E-state index in [1.54, 1.807) is 12.2 Å². The third-order valence-electron chi connectivity index (χ3n) is 11.0. The monoisotopic (exact) mass is 1000 g/mol. The number of hydrogen-bond donors (Lipinski definition) is 6. The lowest BCUT2D eigenvalue weighted by Crippen LogP contribution is -2.36. The van der Waals surface area contributed by atoms with Gasteiger partial charge in [-0.25, -0.2) is 13.9 Å². The molecule has 1 aliphatic heterocycles. The fourth-order valence-corrected chi connectivity index (χ4v) is 8.95. The Bertz CT molecular complexity index is 1860. The molecule has 0 saturated carbocycles. The minimum absolute atomic E-state index is 0.0185. The number of esters is 2. The van der Waals surface area contributed by atoms with Gasteiger partial charge >= 0.3 is 33.3 Å². The molecule has 1 aromatic rings. The molecule has 0 amide bonds. The summed E-state index contributed by atoms with van der Waals surface area (Å²) in [6.45, 7) is 4.25. The van der Waals surface area contributed by atoms with Gasteiger partial charge in [0.15, 0.2) is 12.3 Å². The number of phosphoric acid groups is 2. The summed E-state index contributed by atoms with van der Waals surface area (Å²) in [6.07, 6.45) is 25.4. The van der Waals surface area contributed by atoms with E-state index in [1.165, 1.54) is 51.0 Å². The first kappa shape index (κ1) is 60.8. The number of allylic oxidation sites excluding steroid dienone is 6. The fraction of sp³-hybridized carbons (Fsp3) is 0.702. The van der Waals surface area contributed by atoms with E-state index in [0.29, 0.717) is 32.1 Å². The van der Waals surface area contributed by atoms with Gasteiger partial charge in [0.2, 0.25) is 0 Å². The highest BCUT2D eigenvalue weighted by Crippen LogP contribution is 2.60. The Morgan fingerprint density at radius 3 is 2.21 bits per heavy atom. The van der Waals surface area contributed by atoms with Crippen molar-refractivity contribution in [3.8, 4) is 0 Å². The molecule has 1 aliphatic rings. The van der Waals surface area contributed by atoms with E-state index in [0.717, 1.165) is 55.2 Å². The summed E-state index contributed by atoms with van der Waals surface area (Å²) in [5.41, 5.74) is 4.57. The zero-order valence-corrected chi connectivity index (χ0v) is 42.0. The van der Waals surface area contributed by atoms with Crippen LogP contribution in [0.5, 0.6) is 0 Å². The van der Waals surface area contributed by atoms with Crippen LogP contribution < -0.4 is 11.4 Å². The molecule has 1 saturated heterocycles. The minimum Gasteiger partial charge on any atom is -0.462 e. The van der Waals surface area contributed by atoms with Crippen LogP contribution in [0.15, 0.2) is 65.7 Å². The third-order valence-corrected chi connectivity index (χ3v) is 13.6. The van der Waals surface area contributed by atoms with Crippen LogP contribution in [0, 0.1) is 5.92 Å². The molecular formula is C47H79N3O16P2. The smallest absolute Gasteiger partial charge is 0.462 e. The fourth-order valence-electron chi connectivity index (χ4n) is 6.84. The second-order valence-corrected chi connectivity index (χ2v) is 20.1. The number of aliphatic hydroxyl groups is 3. The quantitative estimate of drug-likeness (QED) is 0.0120. The van der Waals surface area contributed by atoms with Crippen molar-refractivity contribution in [2.24, 2.45) is 5.92 Å². The number of nitrogen functional groups attached to an aromatic ring is 1. The van der Waals surface area contributed by atoms with Gasteiger partial charge in [-0.3, -0.25) is 23.2 Å². The van der Waals surface area contributed by atoms with E-state index in [2.05, 4.69) is 36.1 Å². The van der Waals surface area contributed by atoms with E-state index in [9.17, 15) is 48.6 Å². The predicted octanol–water partition coefficient (Wildman–Crippen LogP) is 8.21. The van der Waals surface area contributed by atoms with Crippen molar-refractivity contribution in [1.82, 2.24) is 9.55 Å². The van der Waals surface area contributed by atoms with Crippen molar-refractivity contribution in [3.63, 3.8) is 0 Å². The predicted molar refractivity (Wildman–Crippen MR) is 258 cm³/mol. The number of aliphatic hydroxyl groups excluding tert-OH is 3. The largest absolute Gasteiger partial charge is 0.481 e. The van der Waals surface area contributed by atoms with Crippen molar-refractivity contribution in [1.29, 1.82) is 0 Å². The molecule has 0 bridgehead atoms. The van der Waals surface area contributed by atoms with Crippen LogP contribution in [-0.2, 0) is 46.3 Å². The van der Waals surface area contributed by atoms with Gasteiger partial charge in [0, 0.05) is 19.0 Å². The van der Waals surface area contributed by atoms with Gasteiger partial charge in [-0.1, -0.05) is 140 Å². The number of hydrogen-bond acceptors (Lipinski definition) is 16. The zero-order valence-electron chi connectivity index (χ0n) is 40.2. The SMILES string of the molecule is CCCCC/C=C\C[C@@H](O)/C=C/C=C\C/C=C\CCCC(=O)OC[C@H](COP(=O)(O)OP(=O)(O)OC[C@H]1O[C@@H](n2ccc(N)nc2=O)[C@H](O)[C@@H]1O)OC(=O)CCCCCCCCCCC(C)CC. The van der Waals surface area contributed by atoms with Crippen molar-refractivity contribution >= 4 is 33.4 Å². The van der Waals surface area contributed by atoms with Crippen molar-refractivity contribution in [2.45, 2.75) is 186 Å². The Balaban J connectivity index is 1.86. The maximum atomic E-state index is 12.8. The molecule has 0 aromatic carbocycles. The Morgan fingerprint density at radius 1 is 0.838 bits per heavy atom. The molecule has 3 unspecified atom stereocenters. The summed E-state index contributed by atoms with van der Waals surface area (Å²) in [6, 6.07) is 1.24. The van der Waals surface area contributed by atoms with E-state index < -0.39 is 89.8 Å². The number of rotatable bonds is 38. The normalized spacial score (nSPS) is 20.8. The summed E-state index contributed by atoms with van der Waals surface area (Å²) >= 11 is 0. The lowest BCUT2D eigenvalue weighted by Gasteiger charge is -2.21. The maximum Gasteiger partial charge on any atom is 0.481 e. The van der Waals surface area contributed by atoms with Crippen LogP contribution in [-0.4, -0.2) is 96.9 Å². The number of unbranched alkanes of at least 4 members (excludes halogenated alkanes) is 11. The average molecular weight is 1000 g/mol. The Labute approximate surface area is 402 Å². The van der Waals surface area contributed by atoms with Gasteiger partial charge < -0.3 is 45.1 Å². The Kier molecular flexibility index (Phi) is 31.2. The molecule has 0 spiro atoms. The van der Waals surface area contributed by atoms with Crippen molar-refractivity contribution in [2.75, 3.05) is 25.6 Å². The molecule has 0 aliphatic carbocycles. The third kappa shape index (κ3) is 27.8. The molecule has 2 rings (SSSR count). The highest BCUT2D eigenvalue weighted by Gasteiger charge is 2.46. The lowest BCUT2D eigenvalue weighted by atomic mass is 9.99. The molecule has 2 heterocycles. The lowest BCUT2D eigenvalue weighted by molar-refractivity contribution is -0.161. The highest BCUT2D eigenvalue weighted by atomic mass is 31.3. The summed E-state index contributed by atoms with van der Waals surface area (Å²) in [4.78, 5) is 61.7. The molecule has 68 heavy (non-hydrogen) atoms. The number of phosphoric ester groups is 2. The molecule has 0 radical (unpaired) electrons. The number of aromatic nitrogens is 2. The van der Waals surface area contributed by atoms with Gasteiger partial charge in [0.05, 0.1) is 19.3 Å². The standard InChI is InChI=1S/C47H79N3O16P2/c1-4-6-7-8-18-23-28-38(51)29-24-19-14-10-12-15-20-25-30-42(52)61-34-39(64-43(53)31-26-21-16-11-9-13-17-22-27-37(3)5-2)35-62-67(57,58)66-68(59,60)63-36-40-44(54)45(55)46(65-40)50-33-32-41(48)49-47(50)56/h12,14-15,18-19,23-24,29,32-33,37-40,44-46,51,54-55H,4-11,13,16-17,20-22,25-28,30-31,34-36H2,1-3H3,(H,57,58)(H,59,60)(H2,48,49,56)/b15-12-,19-14-,23-18-,29-24+/t37?,38-,39-,40-,44-,45-,46-/m1/s1. The van der Waals surface area contributed by atoms with Gasteiger partial charge in [0.1, 0.15) is 30.7 Å². The number of carbonyl (C=O) groups is 2. The van der Waals surface area contributed by atoms with E-state index in [1.807, 2.05) is 30.4 Å². The highest BCUT2D eigenvalue weighted by molar-refractivity contribution is 7.61. The molecule has 21 heteroatoms. The molecular weight excluding hydrogens is 924 g/mol. The number of ether oxygens (including phenoxy) is 3. The van der Waals surface area contributed by atoms with Crippen LogP contribution in [0.3, 0.4) is 0 Å². The summed E-state index contributed by atoms with van der Waals surface area (Å²) in [5.74, 6) is -0.658. The van der Waals surface area contributed by atoms with Crippen LogP contribution in [0.2, 0.25) is 0 Å². The van der Waals surface area contributed by atoms with E-state index in [-0.39, 0.29) is 18.7 Å². The zero-order chi connectivity index (χ0) is 50.2. The number of nitrogens with zero attached hydrogens (tertiary/aromatic N) is 2. The van der Waals surface area contributed by atoms with Gasteiger partial charge in [0.25, 0.3) is 0 Å². The molecule has 19 nitrogen and oxygen atoms in total.